The molecule has 102 valence electrons. The molecule has 0 saturated carbocycles. The minimum Gasteiger partial charge on any atom is -0.485 e. The highest BCUT2D eigenvalue weighted by atomic mass is 19.3. The van der Waals surface area contributed by atoms with Gasteiger partial charge in [0.1, 0.15) is 12.4 Å². The molecular formula is C13H15F2N3O. The van der Waals surface area contributed by atoms with Crippen LogP contribution in [-0.2, 0) is 13.2 Å². The van der Waals surface area contributed by atoms with Crippen molar-refractivity contribution in [3.05, 3.63) is 47.5 Å². The zero-order valence-corrected chi connectivity index (χ0v) is 10.5. The molecular weight excluding hydrogens is 252 g/mol. The van der Waals surface area contributed by atoms with Crippen molar-refractivity contribution in [2.24, 2.45) is 5.73 Å². The van der Waals surface area contributed by atoms with E-state index in [1.165, 1.54) is 12.4 Å². The molecule has 0 aliphatic rings. The number of ether oxygens (including phenoxy) is 1. The summed E-state index contributed by atoms with van der Waals surface area (Å²) >= 11 is 0. The molecule has 0 bridgehead atoms. The lowest BCUT2D eigenvalue weighted by Crippen LogP contribution is -2.09. The van der Waals surface area contributed by atoms with Crippen LogP contribution in [0.1, 0.15) is 23.5 Å². The van der Waals surface area contributed by atoms with Gasteiger partial charge in [0, 0.05) is 24.5 Å². The molecule has 6 heteroatoms. The van der Waals surface area contributed by atoms with Gasteiger partial charge in [-0.05, 0) is 13.0 Å². The van der Waals surface area contributed by atoms with Gasteiger partial charge in [0.15, 0.2) is 5.82 Å². The highest BCUT2D eigenvalue weighted by Crippen LogP contribution is 2.21. The fourth-order valence-corrected chi connectivity index (χ4v) is 1.78. The Morgan fingerprint density at radius 2 is 2.21 bits per heavy atom. The third-order valence-corrected chi connectivity index (χ3v) is 2.75. The summed E-state index contributed by atoms with van der Waals surface area (Å²) in [6, 6.07) is 5.58. The van der Waals surface area contributed by atoms with E-state index < -0.39 is 6.55 Å². The van der Waals surface area contributed by atoms with Crippen LogP contribution in [0, 0.1) is 6.92 Å². The molecule has 4 nitrogen and oxygen atoms in total. The van der Waals surface area contributed by atoms with Crippen molar-refractivity contribution in [3.8, 4) is 5.75 Å². The maximum Gasteiger partial charge on any atom is 0.320 e. The summed E-state index contributed by atoms with van der Waals surface area (Å²) in [6.45, 7) is -0.353. The van der Waals surface area contributed by atoms with E-state index in [4.69, 9.17) is 10.5 Å². The SMILES string of the molecule is Cc1ccc(OCc2nccn2C(F)F)c(CN)c1. The van der Waals surface area contributed by atoms with Crippen molar-refractivity contribution in [2.75, 3.05) is 0 Å². The summed E-state index contributed by atoms with van der Waals surface area (Å²) in [5.41, 5.74) is 7.54. The number of nitrogens with two attached hydrogens (primary N) is 1. The van der Waals surface area contributed by atoms with Gasteiger partial charge in [-0.2, -0.15) is 8.78 Å². The first-order valence-corrected chi connectivity index (χ1v) is 5.84. The molecule has 0 spiro atoms. The third-order valence-electron chi connectivity index (χ3n) is 2.75. The molecule has 0 fully saturated rings. The lowest BCUT2D eigenvalue weighted by Gasteiger charge is -2.12. The Labute approximate surface area is 109 Å². The van der Waals surface area contributed by atoms with Crippen LogP contribution in [-0.4, -0.2) is 9.55 Å². The van der Waals surface area contributed by atoms with E-state index in [2.05, 4.69) is 4.98 Å². The zero-order chi connectivity index (χ0) is 13.8. The van der Waals surface area contributed by atoms with Gasteiger partial charge in [-0.15, -0.1) is 0 Å². The summed E-state index contributed by atoms with van der Waals surface area (Å²) in [5, 5.41) is 0. The second-order valence-electron chi connectivity index (χ2n) is 4.13. The van der Waals surface area contributed by atoms with Crippen molar-refractivity contribution in [1.82, 2.24) is 9.55 Å². The maximum absolute atomic E-state index is 12.6. The summed E-state index contributed by atoms with van der Waals surface area (Å²) in [4.78, 5) is 3.85. The fourth-order valence-electron chi connectivity index (χ4n) is 1.78. The van der Waals surface area contributed by atoms with Gasteiger partial charge in [0.2, 0.25) is 0 Å². The molecule has 1 aromatic heterocycles. The molecule has 2 aromatic rings. The Kier molecular flexibility index (Phi) is 4.11. The molecule has 0 atom stereocenters. The quantitative estimate of drug-likeness (QED) is 0.906. The topological polar surface area (TPSA) is 53.1 Å². The molecule has 2 N–H and O–H groups in total. The summed E-state index contributed by atoms with van der Waals surface area (Å²) in [6.07, 6.45) is 2.55. The van der Waals surface area contributed by atoms with E-state index in [-0.39, 0.29) is 12.4 Å². The Morgan fingerprint density at radius 1 is 1.42 bits per heavy atom. The number of benzene rings is 1. The number of halogens is 2. The normalized spacial score (nSPS) is 11.0. The first-order valence-electron chi connectivity index (χ1n) is 5.84. The van der Waals surface area contributed by atoms with Crippen molar-refractivity contribution < 1.29 is 13.5 Å². The van der Waals surface area contributed by atoms with Gasteiger partial charge in [0.05, 0.1) is 0 Å². The zero-order valence-electron chi connectivity index (χ0n) is 10.5. The molecule has 0 amide bonds. The average Bonchev–Trinajstić information content (AvgIpc) is 2.85. The molecule has 1 heterocycles. The van der Waals surface area contributed by atoms with Crippen LogP contribution in [0.2, 0.25) is 0 Å². The van der Waals surface area contributed by atoms with Crippen LogP contribution in [0.3, 0.4) is 0 Å². The van der Waals surface area contributed by atoms with Gasteiger partial charge >= 0.3 is 6.55 Å². The number of aryl methyl sites for hydroxylation is 1. The first-order chi connectivity index (χ1) is 9.11. The van der Waals surface area contributed by atoms with Gasteiger partial charge in [0.25, 0.3) is 0 Å². The minimum absolute atomic E-state index is 0.0204. The van der Waals surface area contributed by atoms with Crippen molar-refractivity contribution in [3.63, 3.8) is 0 Å². The average molecular weight is 267 g/mol. The minimum atomic E-state index is -2.62. The van der Waals surface area contributed by atoms with E-state index in [9.17, 15) is 8.78 Å². The lowest BCUT2D eigenvalue weighted by atomic mass is 10.1. The predicted octanol–water partition coefficient (Wildman–Crippen LogP) is 2.62. The standard InChI is InChI=1S/C13H15F2N3O/c1-9-2-3-11(10(6-9)7-16)19-8-12-17-4-5-18(12)13(14)15/h2-6,13H,7-8,16H2,1H3. The Hall–Kier alpha value is -1.95. The number of alkyl halides is 2. The Balaban J connectivity index is 2.12. The number of hydrogen-bond donors (Lipinski definition) is 1. The largest absolute Gasteiger partial charge is 0.485 e. The number of aromatic nitrogens is 2. The van der Waals surface area contributed by atoms with Gasteiger partial charge in [-0.1, -0.05) is 17.7 Å². The number of nitrogens with zero attached hydrogens (tertiary/aromatic N) is 2. The molecule has 2 rings (SSSR count). The Morgan fingerprint density at radius 3 is 2.89 bits per heavy atom. The summed E-state index contributed by atoms with van der Waals surface area (Å²) < 4.78 is 31.6. The number of rotatable bonds is 5. The van der Waals surface area contributed by atoms with E-state index in [1.807, 2.05) is 19.1 Å². The second-order valence-corrected chi connectivity index (χ2v) is 4.13. The van der Waals surface area contributed by atoms with Gasteiger partial charge in [-0.3, -0.25) is 4.57 Å². The van der Waals surface area contributed by atoms with Gasteiger partial charge in [-0.25, -0.2) is 4.98 Å². The Bertz CT molecular complexity index is 555. The molecule has 1 aromatic carbocycles. The number of imidazole rings is 1. The monoisotopic (exact) mass is 267 g/mol. The van der Waals surface area contributed by atoms with E-state index >= 15 is 0 Å². The molecule has 0 unspecified atom stereocenters. The second kappa shape index (κ2) is 5.79. The van der Waals surface area contributed by atoms with Crippen LogP contribution < -0.4 is 10.5 Å². The maximum atomic E-state index is 12.6. The van der Waals surface area contributed by atoms with Crippen molar-refractivity contribution in [2.45, 2.75) is 26.6 Å². The highest BCUT2D eigenvalue weighted by Gasteiger charge is 2.12. The van der Waals surface area contributed by atoms with Crippen LogP contribution in [0.4, 0.5) is 8.78 Å². The van der Waals surface area contributed by atoms with Crippen LogP contribution in [0.25, 0.3) is 0 Å². The van der Waals surface area contributed by atoms with Crippen molar-refractivity contribution in [1.29, 1.82) is 0 Å². The van der Waals surface area contributed by atoms with Crippen LogP contribution >= 0.6 is 0 Å². The number of hydrogen-bond acceptors (Lipinski definition) is 3. The van der Waals surface area contributed by atoms with E-state index in [0.717, 1.165) is 15.7 Å². The smallest absolute Gasteiger partial charge is 0.320 e. The highest BCUT2D eigenvalue weighted by molar-refractivity contribution is 5.36. The first kappa shape index (κ1) is 13.5. The van der Waals surface area contributed by atoms with E-state index in [0.29, 0.717) is 12.3 Å². The molecule has 0 aliphatic carbocycles. The van der Waals surface area contributed by atoms with Crippen molar-refractivity contribution >= 4 is 0 Å². The molecule has 0 aliphatic heterocycles. The fraction of sp³-hybridized carbons (Fsp3) is 0.308. The molecule has 19 heavy (non-hydrogen) atoms. The lowest BCUT2D eigenvalue weighted by molar-refractivity contribution is 0.0632. The van der Waals surface area contributed by atoms with E-state index in [1.54, 1.807) is 6.07 Å². The summed E-state index contributed by atoms with van der Waals surface area (Å²) in [5.74, 6) is 0.774. The predicted molar refractivity (Wildman–Crippen MR) is 66.9 cm³/mol. The van der Waals surface area contributed by atoms with Crippen LogP contribution in [0.5, 0.6) is 5.75 Å². The molecule has 0 saturated heterocycles. The van der Waals surface area contributed by atoms with Crippen LogP contribution in [0.15, 0.2) is 30.6 Å². The third kappa shape index (κ3) is 3.08. The molecule has 0 radical (unpaired) electrons. The summed E-state index contributed by atoms with van der Waals surface area (Å²) in [7, 11) is 0. The van der Waals surface area contributed by atoms with Gasteiger partial charge < -0.3 is 10.5 Å².